The minimum absolute atomic E-state index is 0.379. The van der Waals surface area contributed by atoms with E-state index in [4.69, 9.17) is 4.74 Å². The van der Waals surface area contributed by atoms with Gasteiger partial charge in [-0.15, -0.1) is 0 Å². The van der Waals surface area contributed by atoms with E-state index in [-0.39, 0.29) is 0 Å². The largest absolute Gasteiger partial charge is 0.479 e. The number of nitrogens with zero attached hydrogens (tertiary/aromatic N) is 1. The van der Waals surface area contributed by atoms with E-state index in [1.54, 1.807) is 0 Å². The van der Waals surface area contributed by atoms with Crippen molar-refractivity contribution in [3.05, 3.63) is 0 Å². The highest BCUT2D eigenvalue weighted by Crippen LogP contribution is 2.26. The van der Waals surface area contributed by atoms with Crippen LogP contribution in [0.2, 0.25) is 0 Å². The summed E-state index contributed by atoms with van der Waals surface area (Å²) in [6.45, 7) is 7.96. The van der Waals surface area contributed by atoms with Gasteiger partial charge in [-0.1, -0.05) is 0 Å². The van der Waals surface area contributed by atoms with Crippen molar-refractivity contribution in [1.29, 1.82) is 0 Å². The van der Waals surface area contributed by atoms with Crippen molar-refractivity contribution in [3.8, 4) is 0 Å². The molecule has 0 amide bonds. The molecule has 1 fully saturated rings. The molecule has 88 valence electrons. The first-order valence-electron chi connectivity index (χ1n) is 5.63. The topological polar surface area (TPSA) is 49.8 Å². The lowest BCUT2D eigenvalue weighted by atomic mass is 9.92. The Kier molecular flexibility index (Phi) is 4.11. The van der Waals surface area contributed by atoms with Gasteiger partial charge in [-0.2, -0.15) is 0 Å². The number of hydrogen-bond donors (Lipinski definition) is 1. The summed E-state index contributed by atoms with van der Waals surface area (Å²) in [4.78, 5) is 13.5. The van der Waals surface area contributed by atoms with Crippen molar-refractivity contribution in [3.63, 3.8) is 0 Å². The molecule has 0 aromatic carbocycles. The molecular weight excluding hydrogens is 194 g/mol. The van der Waals surface area contributed by atoms with E-state index in [2.05, 4.69) is 18.7 Å². The minimum Gasteiger partial charge on any atom is -0.479 e. The second-order valence-corrected chi connectivity index (χ2v) is 4.40. The number of carbonyl (C=O) groups is 1. The van der Waals surface area contributed by atoms with Crippen LogP contribution in [-0.4, -0.2) is 47.3 Å². The van der Waals surface area contributed by atoms with Crippen LogP contribution in [0.1, 0.15) is 33.6 Å². The molecule has 0 aromatic rings. The maximum atomic E-state index is 11.3. The molecule has 1 unspecified atom stereocenters. The van der Waals surface area contributed by atoms with Crippen LogP contribution in [0.5, 0.6) is 0 Å². The number of piperidine rings is 1. The summed E-state index contributed by atoms with van der Waals surface area (Å²) in [6.07, 6.45) is 1.52. The fourth-order valence-electron chi connectivity index (χ4n) is 2.13. The third-order valence-electron chi connectivity index (χ3n) is 3.03. The van der Waals surface area contributed by atoms with Crippen LogP contribution >= 0.6 is 0 Å². The van der Waals surface area contributed by atoms with Crippen molar-refractivity contribution in [2.24, 2.45) is 0 Å². The van der Waals surface area contributed by atoms with Gasteiger partial charge in [-0.3, -0.25) is 4.90 Å². The first kappa shape index (κ1) is 12.5. The number of likely N-dealkylation sites (tertiary alicyclic amines) is 1. The van der Waals surface area contributed by atoms with Crippen molar-refractivity contribution >= 4 is 5.97 Å². The van der Waals surface area contributed by atoms with E-state index in [1.165, 1.54) is 0 Å². The summed E-state index contributed by atoms with van der Waals surface area (Å²) in [5.74, 6) is -0.824. The Hall–Kier alpha value is -0.610. The highest BCUT2D eigenvalue weighted by molar-refractivity contribution is 5.78. The molecule has 0 aliphatic carbocycles. The highest BCUT2D eigenvalue weighted by atomic mass is 16.5. The zero-order chi connectivity index (χ0) is 11.5. The predicted octanol–water partition coefficient (Wildman–Crippen LogP) is 1.35. The number of carboxylic acid groups (broad SMARTS) is 1. The Morgan fingerprint density at radius 3 is 2.73 bits per heavy atom. The van der Waals surface area contributed by atoms with E-state index in [0.717, 1.165) is 13.0 Å². The summed E-state index contributed by atoms with van der Waals surface area (Å²) in [6, 6.07) is 0.379. The van der Waals surface area contributed by atoms with Gasteiger partial charge in [0.05, 0.1) is 0 Å². The molecule has 1 saturated heterocycles. The Bertz CT molecular complexity index is 226. The average Bonchev–Trinajstić information content (AvgIpc) is 2.18. The summed E-state index contributed by atoms with van der Waals surface area (Å²) in [5.41, 5.74) is -0.975. The Balaban J connectivity index is 2.75. The van der Waals surface area contributed by atoms with Gasteiger partial charge in [0.1, 0.15) is 0 Å². The van der Waals surface area contributed by atoms with E-state index >= 15 is 0 Å². The third-order valence-corrected chi connectivity index (χ3v) is 3.03. The molecule has 1 rings (SSSR count). The second kappa shape index (κ2) is 4.94. The lowest BCUT2D eigenvalue weighted by Gasteiger charge is -2.41. The van der Waals surface area contributed by atoms with Crippen LogP contribution in [0, 0.1) is 0 Å². The van der Waals surface area contributed by atoms with Crippen molar-refractivity contribution in [2.45, 2.75) is 45.3 Å². The standard InChI is InChI=1S/C11H21NO3/c1-4-15-11(10(13)14)6-5-7-12(8-11)9(2)3/h9H,4-8H2,1-3H3,(H,13,14). The van der Waals surface area contributed by atoms with Crippen LogP contribution < -0.4 is 0 Å². The normalized spacial score (nSPS) is 28.3. The van der Waals surface area contributed by atoms with Gasteiger partial charge in [0.15, 0.2) is 5.60 Å². The SMILES string of the molecule is CCOC1(C(=O)O)CCCN(C(C)C)C1. The molecule has 4 heteroatoms. The molecule has 15 heavy (non-hydrogen) atoms. The van der Waals surface area contributed by atoms with E-state index in [9.17, 15) is 9.90 Å². The first-order chi connectivity index (χ1) is 7.02. The number of aliphatic carboxylic acids is 1. The number of rotatable bonds is 4. The molecule has 1 N–H and O–H groups in total. The van der Waals surface area contributed by atoms with Gasteiger partial charge >= 0.3 is 5.97 Å². The maximum absolute atomic E-state index is 11.3. The van der Waals surface area contributed by atoms with Crippen molar-refractivity contribution in [2.75, 3.05) is 19.7 Å². The zero-order valence-corrected chi connectivity index (χ0v) is 9.82. The molecular formula is C11H21NO3. The lowest BCUT2D eigenvalue weighted by Crippen LogP contribution is -2.56. The molecule has 1 heterocycles. The van der Waals surface area contributed by atoms with Gasteiger partial charge in [0.2, 0.25) is 0 Å². The maximum Gasteiger partial charge on any atom is 0.337 e. The summed E-state index contributed by atoms with van der Waals surface area (Å²) >= 11 is 0. The molecule has 0 radical (unpaired) electrons. The van der Waals surface area contributed by atoms with Gasteiger partial charge in [0, 0.05) is 19.2 Å². The molecule has 0 bridgehead atoms. The van der Waals surface area contributed by atoms with Crippen molar-refractivity contribution < 1.29 is 14.6 Å². The molecule has 0 aromatic heterocycles. The van der Waals surface area contributed by atoms with Gasteiger partial charge < -0.3 is 9.84 Å². The molecule has 0 saturated carbocycles. The quantitative estimate of drug-likeness (QED) is 0.769. The fraction of sp³-hybridized carbons (Fsp3) is 0.909. The second-order valence-electron chi connectivity index (χ2n) is 4.40. The van der Waals surface area contributed by atoms with Gasteiger partial charge in [-0.05, 0) is 40.2 Å². The Morgan fingerprint density at radius 2 is 2.27 bits per heavy atom. The smallest absolute Gasteiger partial charge is 0.337 e. The number of hydrogen-bond acceptors (Lipinski definition) is 3. The highest BCUT2D eigenvalue weighted by Gasteiger charge is 2.43. The number of carboxylic acids is 1. The minimum atomic E-state index is -0.975. The molecule has 1 atom stereocenters. The number of ether oxygens (including phenoxy) is 1. The summed E-state index contributed by atoms with van der Waals surface area (Å²) < 4.78 is 5.47. The van der Waals surface area contributed by atoms with E-state index < -0.39 is 11.6 Å². The van der Waals surface area contributed by atoms with E-state index in [1.807, 2.05) is 6.92 Å². The van der Waals surface area contributed by atoms with Crippen LogP contribution in [0.3, 0.4) is 0 Å². The molecule has 0 spiro atoms. The first-order valence-corrected chi connectivity index (χ1v) is 5.63. The third kappa shape index (κ3) is 2.69. The molecule has 1 aliphatic heterocycles. The van der Waals surface area contributed by atoms with Crippen LogP contribution in [0.4, 0.5) is 0 Å². The monoisotopic (exact) mass is 215 g/mol. The van der Waals surface area contributed by atoms with Crippen LogP contribution in [-0.2, 0) is 9.53 Å². The summed E-state index contributed by atoms with van der Waals surface area (Å²) in [7, 11) is 0. The van der Waals surface area contributed by atoms with Crippen LogP contribution in [0.15, 0.2) is 0 Å². The molecule has 4 nitrogen and oxygen atoms in total. The van der Waals surface area contributed by atoms with E-state index in [0.29, 0.717) is 25.6 Å². The van der Waals surface area contributed by atoms with Crippen LogP contribution in [0.25, 0.3) is 0 Å². The molecule has 1 aliphatic rings. The van der Waals surface area contributed by atoms with Gasteiger partial charge in [-0.25, -0.2) is 4.79 Å². The lowest BCUT2D eigenvalue weighted by molar-refractivity contribution is -0.174. The fourth-order valence-corrected chi connectivity index (χ4v) is 2.13. The van der Waals surface area contributed by atoms with Crippen molar-refractivity contribution in [1.82, 2.24) is 4.90 Å². The Labute approximate surface area is 91.2 Å². The predicted molar refractivity (Wildman–Crippen MR) is 57.9 cm³/mol. The summed E-state index contributed by atoms with van der Waals surface area (Å²) in [5, 5.41) is 9.27. The average molecular weight is 215 g/mol. The Morgan fingerprint density at radius 1 is 1.60 bits per heavy atom. The van der Waals surface area contributed by atoms with Gasteiger partial charge in [0.25, 0.3) is 0 Å². The zero-order valence-electron chi connectivity index (χ0n) is 9.82.